The van der Waals surface area contributed by atoms with E-state index in [-0.39, 0.29) is 6.03 Å². The number of anilines is 1. The van der Waals surface area contributed by atoms with Crippen molar-refractivity contribution in [1.29, 1.82) is 0 Å². The maximum absolute atomic E-state index is 12.2. The molecule has 1 aliphatic heterocycles. The standard InChI is InChI=1S/C15H24N4O/c1-12-4-3-5-14(10-12)17-15(20)19-8-6-18(7-9-19)13(2)11-16/h3-5,10,13H,6-9,11,16H2,1-2H3,(H,17,20). The van der Waals surface area contributed by atoms with Gasteiger partial charge in [0.05, 0.1) is 0 Å². The average molecular weight is 276 g/mol. The fourth-order valence-corrected chi connectivity index (χ4v) is 2.44. The summed E-state index contributed by atoms with van der Waals surface area (Å²) in [5.74, 6) is 0. The molecule has 0 bridgehead atoms. The van der Waals surface area contributed by atoms with Gasteiger partial charge in [-0.15, -0.1) is 0 Å². The molecule has 2 rings (SSSR count). The van der Waals surface area contributed by atoms with Crippen molar-refractivity contribution in [3.8, 4) is 0 Å². The minimum Gasteiger partial charge on any atom is -0.329 e. The van der Waals surface area contributed by atoms with Gasteiger partial charge >= 0.3 is 6.03 Å². The molecule has 1 atom stereocenters. The highest BCUT2D eigenvalue weighted by Crippen LogP contribution is 2.12. The first-order valence-electron chi connectivity index (χ1n) is 7.17. The predicted octanol–water partition coefficient (Wildman–Crippen LogP) is 1.49. The lowest BCUT2D eigenvalue weighted by atomic mass is 10.2. The van der Waals surface area contributed by atoms with Gasteiger partial charge < -0.3 is 16.0 Å². The molecule has 3 N–H and O–H groups in total. The number of nitrogens with one attached hydrogen (secondary N) is 1. The molecule has 2 amide bonds. The number of carbonyl (C=O) groups excluding carboxylic acids is 1. The van der Waals surface area contributed by atoms with Gasteiger partial charge in [0.15, 0.2) is 0 Å². The zero-order chi connectivity index (χ0) is 14.5. The Balaban J connectivity index is 1.86. The van der Waals surface area contributed by atoms with Crippen LogP contribution in [0.1, 0.15) is 12.5 Å². The number of aryl methyl sites for hydroxylation is 1. The minimum absolute atomic E-state index is 0.0179. The molecule has 20 heavy (non-hydrogen) atoms. The van der Waals surface area contributed by atoms with Crippen LogP contribution < -0.4 is 11.1 Å². The molecule has 5 heteroatoms. The second kappa shape index (κ2) is 6.72. The molecule has 1 fully saturated rings. The van der Waals surface area contributed by atoms with E-state index in [9.17, 15) is 4.79 Å². The zero-order valence-corrected chi connectivity index (χ0v) is 12.3. The van der Waals surface area contributed by atoms with E-state index >= 15 is 0 Å². The average Bonchev–Trinajstić information content (AvgIpc) is 2.46. The Labute approximate surface area is 120 Å². The molecule has 1 aliphatic rings. The second-order valence-electron chi connectivity index (χ2n) is 5.41. The Morgan fingerprint density at radius 3 is 2.65 bits per heavy atom. The topological polar surface area (TPSA) is 61.6 Å². The molecular weight excluding hydrogens is 252 g/mol. The molecule has 0 radical (unpaired) electrons. The van der Waals surface area contributed by atoms with Crippen molar-refractivity contribution >= 4 is 11.7 Å². The highest BCUT2D eigenvalue weighted by atomic mass is 16.2. The largest absolute Gasteiger partial charge is 0.329 e. The van der Waals surface area contributed by atoms with Gasteiger partial charge in [-0.25, -0.2) is 4.79 Å². The molecular formula is C15H24N4O. The third-order valence-corrected chi connectivity index (χ3v) is 3.84. The maximum atomic E-state index is 12.2. The lowest BCUT2D eigenvalue weighted by Gasteiger charge is -2.37. The molecule has 1 aromatic carbocycles. The Bertz CT molecular complexity index is 455. The molecule has 1 saturated heterocycles. The highest BCUT2D eigenvalue weighted by molar-refractivity contribution is 5.89. The van der Waals surface area contributed by atoms with Gasteiger partial charge in [-0.3, -0.25) is 4.90 Å². The number of amides is 2. The normalized spacial score (nSPS) is 17.9. The van der Waals surface area contributed by atoms with Crippen molar-refractivity contribution < 1.29 is 4.79 Å². The van der Waals surface area contributed by atoms with Crippen LogP contribution in [0.25, 0.3) is 0 Å². The number of urea groups is 1. The van der Waals surface area contributed by atoms with E-state index in [1.54, 1.807) is 0 Å². The summed E-state index contributed by atoms with van der Waals surface area (Å²) >= 11 is 0. The van der Waals surface area contributed by atoms with Crippen LogP contribution in [0.3, 0.4) is 0 Å². The van der Waals surface area contributed by atoms with Crippen molar-refractivity contribution in [3.63, 3.8) is 0 Å². The van der Waals surface area contributed by atoms with Gasteiger partial charge in [0.2, 0.25) is 0 Å². The zero-order valence-electron chi connectivity index (χ0n) is 12.3. The minimum atomic E-state index is -0.0179. The second-order valence-corrected chi connectivity index (χ2v) is 5.41. The van der Waals surface area contributed by atoms with Crippen molar-refractivity contribution in [3.05, 3.63) is 29.8 Å². The maximum Gasteiger partial charge on any atom is 0.321 e. The smallest absolute Gasteiger partial charge is 0.321 e. The summed E-state index contributed by atoms with van der Waals surface area (Å²) in [6.45, 7) is 8.09. The lowest BCUT2D eigenvalue weighted by molar-refractivity contribution is 0.122. The van der Waals surface area contributed by atoms with Gasteiger partial charge in [-0.05, 0) is 31.5 Å². The van der Waals surface area contributed by atoms with Crippen molar-refractivity contribution in [2.45, 2.75) is 19.9 Å². The summed E-state index contributed by atoms with van der Waals surface area (Å²) < 4.78 is 0. The van der Waals surface area contributed by atoms with E-state index in [2.05, 4.69) is 17.1 Å². The van der Waals surface area contributed by atoms with Gasteiger partial charge in [-0.2, -0.15) is 0 Å². The summed E-state index contributed by atoms with van der Waals surface area (Å²) in [5, 5.41) is 2.95. The summed E-state index contributed by atoms with van der Waals surface area (Å²) in [5.41, 5.74) is 7.68. The van der Waals surface area contributed by atoms with Crippen LogP contribution in [-0.4, -0.2) is 54.6 Å². The molecule has 0 aliphatic carbocycles. The number of carbonyl (C=O) groups is 1. The third-order valence-electron chi connectivity index (χ3n) is 3.84. The monoisotopic (exact) mass is 276 g/mol. The fraction of sp³-hybridized carbons (Fsp3) is 0.533. The number of benzene rings is 1. The van der Waals surface area contributed by atoms with Crippen LogP contribution >= 0.6 is 0 Å². The molecule has 110 valence electrons. The molecule has 0 saturated carbocycles. The van der Waals surface area contributed by atoms with Crippen molar-refractivity contribution in [2.75, 3.05) is 38.0 Å². The number of hydrogen-bond acceptors (Lipinski definition) is 3. The first-order chi connectivity index (χ1) is 9.60. The summed E-state index contributed by atoms with van der Waals surface area (Å²) in [6, 6.07) is 8.23. The highest BCUT2D eigenvalue weighted by Gasteiger charge is 2.23. The van der Waals surface area contributed by atoms with Gasteiger partial charge in [0, 0.05) is 44.5 Å². The number of nitrogens with zero attached hydrogens (tertiary/aromatic N) is 2. The third kappa shape index (κ3) is 3.71. The Kier molecular flexibility index (Phi) is 4.98. The number of piperazine rings is 1. The van der Waals surface area contributed by atoms with Gasteiger partial charge in [0.1, 0.15) is 0 Å². The van der Waals surface area contributed by atoms with Crippen molar-refractivity contribution in [2.24, 2.45) is 5.73 Å². The molecule has 1 aromatic rings. The van der Waals surface area contributed by atoms with Gasteiger partial charge in [-0.1, -0.05) is 12.1 Å². The first kappa shape index (κ1) is 14.8. The van der Waals surface area contributed by atoms with E-state index in [4.69, 9.17) is 5.73 Å². The molecule has 5 nitrogen and oxygen atoms in total. The predicted molar refractivity (Wildman–Crippen MR) is 81.9 cm³/mol. The SMILES string of the molecule is Cc1cccc(NC(=O)N2CCN(C(C)CN)CC2)c1. The van der Waals surface area contributed by atoms with E-state index < -0.39 is 0 Å². The quantitative estimate of drug-likeness (QED) is 0.879. The van der Waals surface area contributed by atoms with Crippen LogP contribution in [0.15, 0.2) is 24.3 Å². The number of nitrogens with two attached hydrogens (primary N) is 1. The van der Waals surface area contributed by atoms with Crippen LogP contribution in [0.5, 0.6) is 0 Å². The van der Waals surface area contributed by atoms with Crippen LogP contribution in [0.2, 0.25) is 0 Å². The first-order valence-corrected chi connectivity index (χ1v) is 7.17. The Morgan fingerprint density at radius 2 is 2.05 bits per heavy atom. The van der Waals surface area contributed by atoms with Crippen molar-refractivity contribution in [1.82, 2.24) is 9.80 Å². The van der Waals surface area contributed by atoms with Gasteiger partial charge in [0.25, 0.3) is 0 Å². The molecule has 0 spiro atoms. The summed E-state index contributed by atoms with van der Waals surface area (Å²) in [6.07, 6.45) is 0. The van der Waals surface area contributed by atoms with E-state index in [1.165, 1.54) is 0 Å². The Hall–Kier alpha value is -1.59. The number of rotatable bonds is 3. The van der Waals surface area contributed by atoms with E-state index in [1.807, 2.05) is 36.1 Å². The number of hydrogen-bond donors (Lipinski definition) is 2. The molecule has 1 unspecified atom stereocenters. The van der Waals surface area contributed by atoms with Crippen LogP contribution in [0.4, 0.5) is 10.5 Å². The molecule has 0 aromatic heterocycles. The molecule has 1 heterocycles. The van der Waals surface area contributed by atoms with E-state index in [0.717, 1.165) is 37.4 Å². The lowest BCUT2D eigenvalue weighted by Crippen LogP contribution is -2.53. The van der Waals surface area contributed by atoms with Crippen LogP contribution in [0, 0.1) is 6.92 Å². The van der Waals surface area contributed by atoms with E-state index in [0.29, 0.717) is 12.6 Å². The Morgan fingerprint density at radius 1 is 1.35 bits per heavy atom. The summed E-state index contributed by atoms with van der Waals surface area (Å²) in [7, 11) is 0. The fourth-order valence-electron chi connectivity index (χ4n) is 2.44. The summed E-state index contributed by atoms with van der Waals surface area (Å²) in [4.78, 5) is 16.4. The van der Waals surface area contributed by atoms with Crippen LogP contribution in [-0.2, 0) is 0 Å².